The van der Waals surface area contributed by atoms with Crippen molar-refractivity contribution in [1.82, 2.24) is 14.9 Å². The Morgan fingerprint density at radius 2 is 2.24 bits per heavy atom. The summed E-state index contributed by atoms with van der Waals surface area (Å²) in [6.07, 6.45) is 3.85. The second-order valence-corrected chi connectivity index (χ2v) is 5.81. The average Bonchev–Trinajstić information content (AvgIpc) is 2.82. The van der Waals surface area contributed by atoms with Crippen LogP contribution in [-0.4, -0.2) is 29.2 Å². The minimum Gasteiger partial charge on any atom is -0.469 e. The number of carbonyl (C=O) groups is 1. The monoisotopic (exact) mass is 289 g/mol. The molecule has 0 radical (unpaired) electrons. The Kier molecular flexibility index (Phi) is 4.63. The van der Waals surface area contributed by atoms with E-state index in [1.807, 2.05) is 24.5 Å². The van der Waals surface area contributed by atoms with Gasteiger partial charge in [0.2, 0.25) is 0 Å². The molecule has 21 heavy (non-hydrogen) atoms. The molecule has 0 unspecified atom stereocenters. The van der Waals surface area contributed by atoms with Gasteiger partial charge in [0.1, 0.15) is 5.65 Å². The Bertz CT molecular complexity index is 631. The van der Waals surface area contributed by atoms with Crippen molar-refractivity contribution >= 4 is 17.0 Å². The zero-order chi connectivity index (χ0) is 15.5. The number of rotatable bonds is 6. The van der Waals surface area contributed by atoms with Gasteiger partial charge in [0.25, 0.3) is 0 Å². The number of pyridine rings is 1. The number of hydrogen-bond donors (Lipinski definition) is 1. The third-order valence-electron chi connectivity index (χ3n) is 3.59. The van der Waals surface area contributed by atoms with Crippen molar-refractivity contribution in [3.05, 3.63) is 30.1 Å². The van der Waals surface area contributed by atoms with Crippen LogP contribution in [0.15, 0.2) is 24.5 Å². The minimum absolute atomic E-state index is 0.214. The van der Waals surface area contributed by atoms with E-state index in [1.54, 1.807) is 6.20 Å². The first-order valence-corrected chi connectivity index (χ1v) is 7.21. The molecule has 1 N–H and O–H groups in total. The Labute approximate surface area is 125 Å². The topological polar surface area (TPSA) is 56.2 Å². The summed E-state index contributed by atoms with van der Waals surface area (Å²) < 4.78 is 6.93. The van der Waals surface area contributed by atoms with Gasteiger partial charge in [-0.3, -0.25) is 4.79 Å². The van der Waals surface area contributed by atoms with Crippen LogP contribution in [0.2, 0.25) is 0 Å². The van der Waals surface area contributed by atoms with Crippen LogP contribution in [0.1, 0.15) is 26.3 Å². The summed E-state index contributed by atoms with van der Waals surface area (Å²) in [4.78, 5) is 16.3. The van der Waals surface area contributed by atoms with Crippen LogP contribution in [-0.2, 0) is 22.6 Å². The fourth-order valence-electron chi connectivity index (χ4n) is 2.48. The minimum atomic E-state index is -0.590. The number of methoxy groups -OCH3 is 1. The van der Waals surface area contributed by atoms with Gasteiger partial charge in [-0.2, -0.15) is 0 Å². The third-order valence-corrected chi connectivity index (χ3v) is 3.59. The first-order chi connectivity index (χ1) is 9.99. The van der Waals surface area contributed by atoms with E-state index in [0.29, 0.717) is 6.54 Å². The molecule has 114 valence electrons. The fourth-order valence-corrected chi connectivity index (χ4v) is 2.48. The lowest BCUT2D eigenvalue weighted by Gasteiger charge is -2.22. The van der Waals surface area contributed by atoms with E-state index in [0.717, 1.165) is 24.1 Å². The maximum Gasteiger partial charge on any atom is 0.313 e. The molecule has 0 atom stereocenters. The maximum atomic E-state index is 11.9. The molecule has 0 aromatic carbocycles. The van der Waals surface area contributed by atoms with Crippen molar-refractivity contribution in [2.75, 3.05) is 13.7 Å². The van der Waals surface area contributed by atoms with Gasteiger partial charge in [0.15, 0.2) is 0 Å². The van der Waals surface area contributed by atoms with Crippen LogP contribution in [0.25, 0.3) is 11.0 Å². The SMILES string of the molecule is CCNCc1cn(CC(C)(C)C(=O)OC)c2ncccc12. The predicted molar refractivity (Wildman–Crippen MR) is 82.9 cm³/mol. The van der Waals surface area contributed by atoms with Crippen LogP contribution in [0.3, 0.4) is 0 Å². The lowest BCUT2D eigenvalue weighted by Crippen LogP contribution is -2.30. The molecule has 0 bridgehead atoms. The third kappa shape index (κ3) is 3.24. The number of ether oxygens (including phenoxy) is 1. The summed E-state index contributed by atoms with van der Waals surface area (Å²) in [6.45, 7) is 8.11. The van der Waals surface area contributed by atoms with Crippen LogP contribution >= 0.6 is 0 Å². The van der Waals surface area contributed by atoms with Crippen LogP contribution in [0.5, 0.6) is 0 Å². The summed E-state index contributed by atoms with van der Waals surface area (Å²) >= 11 is 0. The van der Waals surface area contributed by atoms with Crippen molar-refractivity contribution in [3.63, 3.8) is 0 Å². The predicted octanol–water partition coefficient (Wildman–Crippen LogP) is 2.34. The van der Waals surface area contributed by atoms with Crippen molar-refractivity contribution < 1.29 is 9.53 Å². The highest BCUT2D eigenvalue weighted by Gasteiger charge is 2.30. The molecule has 0 aliphatic heterocycles. The molecule has 0 amide bonds. The van der Waals surface area contributed by atoms with Crippen molar-refractivity contribution in [2.45, 2.75) is 33.9 Å². The van der Waals surface area contributed by atoms with Crippen LogP contribution in [0, 0.1) is 5.41 Å². The number of fused-ring (bicyclic) bond motifs is 1. The standard InChI is InChI=1S/C16H23N3O2/c1-5-17-9-12-10-19(11-16(2,3)15(20)21-4)14-13(12)7-6-8-18-14/h6-8,10,17H,5,9,11H2,1-4H3. The van der Waals surface area contributed by atoms with E-state index < -0.39 is 5.41 Å². The molecule has 2 aromatic heterocycles. The smallest absolute Gasteiger partial charge is 0.313 e. The molecule has 2 rings (SSSR count). The van der Waals surface area contributed by atoms with Gasteiger partial charge in [-0.05, 0) is 38.1 Å². The van der Waals surface area contributed by atoms with Gasteiger partial charge in [-0.25, -0.2) is 4.98 Å². The first kappa shape index (κ1) is 15.5. The van der Waals surface area contributed by atoms with Gasteiger partial charge in [0, 0.05) is 30.9 Å². The highest BCUT2D eigenvalue weighted by molar-refractivity contribution is 5.81. The van der Waals surface area contributed by atoms with Gasteiger partial charge < -0.3 is 14.6 Å². The van der Waals surface area contributed by atoms with E-state index >= 15 is 0 Å². The van der Waals surface area contributed by atoms with Gasteiger partial charge in [-0.1, -0.05) is 6.92 Å². The number of aromatic nitrogens is 2. The second kappa shape index (κ2) is 6.26. The Morgan fingerprint density at radius 3 is 2.90 bits per heavy atom. The molecule has 5 nitrogen and oxygen atoms in total. The van der Waals surface area contributed by atoms with E-state index in [9.17, 15) is 4.79 Å². The van der Waals surface area contributed by atoms with E-state index in [-0.39, 0.29) is 5.97 Å². The molecule has 0 saturated carbocycles. The van der Waals surface area contributed by atoms with Crippen LogP contribution in [0.4, 0.5) is 0 Å². The number of nitrogens with one attached hydrogen (secondary N) is 1. The summed E-state index contributed by atoms with van der Waals surface area (Å²) in [5.74, 6) is -0.214. The number of carbonyl (C=O) groups excluding carboxylic acids is 1. The van der Waals surface area contributed by atoms with Crippen molar-refractivity contribution in [1.29, 1.82) is 0 Å². The molecule has 2 aromatic rings. The zero-order valence-corrected chi connectivity index (χ0v) is 13.1. The molecule has 0 spiro atoms. The highest BCUT2D eigenvalue weighted by atomic mass is 16.5. The normalized spacial score (nSPS) is 11.8. The Balaban J connectivity index is 2.38. The molecule has 0 aliphatic rings. The average molecular weight is 289 g/mol. The number of hydrogen-bond acceptors (Lipinski definition) is 4. The summed E-state index contributed by atoms with van der Waals surface area (Å²) in [5.41, 5.74) is 1.51. The fraction of sp³-hybridized carbons (Fsp3) is 0.500. The molecule has 0 saturated heterocycles. The molecular weight excluding hydrogens is 266 g/mol. The van der Waals surface area contributed by atoms with Crippen molar-refractivity contribution in [3.8, 4) is 0 Å². The van der Waals surface area contributed by atoms with Gasteiger partial charge >= 0.3 is 5.97 Å². The van der Waals surface area contributed by atoms with Gasteiger partial charge in [-0.15, -0.1) is 0 Å². The summed E-state index contributed by atoms with van der Waals surface area (Å²) in [7, 11) is 1.42. The van der Waals surface area contributed by atoms with Crippen LogP contribution < -0.4 is 5.32 Å². The van der Waals surface area contributed by atoms with E-state index in [2.05, 4.69) is 29.5 Å². The second-order valence-electron chi connectivity index (χ2n) is 5.81. The summed E-state index contributed by atoms with van der Waals surface area (Å²) in [6, 6.07) is 4.00. The van der Waals surface area contributed by atoms with Crippen molar-refractivity contribution in [2.24, 2.45) is 5.41 Å². The Hall–Kier alpha value is -1.88. The first-order valence-electron chi connectivity index (χ1n) is 7.21. The van der Waals surface area contributed by atoms with E-state index in [4.69, 9.17) is 4.74 Å². The largest absolute Gasteiger partial charge is 0.469 e. The summed E-state index contributed by atoms with van der Waals surface area (Å²) in [5, 5.41) is 4.46. The molecule has 5 heteroatoms. The lowest BCUT2D eigenvalue weighted by molar-refractivity contribution is -0.151. The molecule has 0 aliphatic carbocycles. The number of esters is 1. The molecule has 2 heterocycles. The maximum absolute atomic E-state index is 11.9. The quantitative estimate of drug-likeness (QED) is 0.829. The molecule has 0 fully saturated rings. The Morgan fingerprint density at radius 1 is 1.48 bits per heavy atom. The highest BCUT2D eigenvalue weighted by Crippen LogP contribution is 2.25. The van der Waals surface area contributed by atoms with Gasteiger partial charge in [0.05, 0.1) is 12.5 Å². The van der Waals surface area contributed by atoms with E-state index in [1.165, 1.54) is 12.7 Å². The lowest BCUT2D eigenvalue weighted by atomic mass is 9.94. The number of nitrogens with zero attached hydrogens (tertiary/aromatic N) is 2. The molecular formula is C16H23N3O2. The zero-order valence-electron chi connectivity index (χ0n) is 13.1.